The monoisotopic (exact) mass is 489 g/mol. The molecule has 188 valence electrons. The van der Waals surface area contributed by atoms with Crippen LogP contribution in [0.5, 0.6) is 0 Å². The Labute approximate surface area is 203 Å². The average Bonchev–Trinajstić information content (AvgIpc) is 2.88. The van der Waals surface area contributed by atoms with Crippen LogP contribution in [0.1, 0.15) is 30.4 Å². The van der Waals surface area contributed by atoms with E-state index in [1.807, 2.05) is 35.2 Å². The minimum atomic E-state index is -4.60. The maximum Gasteiger partial charge on any atom is 0.418 e. The molecule has 2 saturated heterocycles. The predicted octanol–water partition coefficient (Wildman–Crippen LogP) is 4.35. The number of nitrogens with zero attached hydrogens (tertiary/aromatic N) is 2. The van der Waals surface area contributed by atoms with Gasteiger partial charge in [-0.25, -0.2) is 0 Å². The van der Waals surface area contributed by atoms with Crippen LogP contribution >= 0.6 is 0 Å². The van der Waals surface area contributed by atoms with Gasteiger partial charge in [-0.05, 0) is 43.0 Å². The molecule has 0 aromatic heterocycles. The van der Waals surface area contributed by atoms with Crippen LogP contribution in [-0.2, 0) is 26.9 Å². The molecule has 0 unspecified atom stereocenters. The van der Waals surface area contributed by atoms with E-state index in [1.54, 1.807) is 11.0 Å². The zero-order valence-electron chi connectivity index (χ0n) is 19.5. The number of aryl methyl sites for hydroxylation is 1. The molecule has 6 nitrogen and oxygen atoms in total. The molecule has 2 heterocycles. The van der Waals surface area contributed by atoms with Gasteiger partial charge in [0.2, 0.25) is 11.8 Å². The van der Waals surface area contributed by atoms with Gasteiger partial charge in [0.05, 0.1) is 24.5 Å². The maximum absolute atomic E-state index is 13.8. The second kappa shape index (κ2) is 11.1. The van der Waals surface area contributed by atoms with Gasteiger partial charge in [0, 0.05) is 44.2 Å². The number of rotatable bonds is 6. The lowest BCUT2D eigenvalue weighted by Crippen LogP contribution is -2.41. The molecule has 2 fully saturated rings. The minimum Gasteiger partial charge on any atom is -0.378 e. The Balaban J connectivity index is 1.33. The first-order valence-corrected chi connectivity index (χ1v) is 12.0. The summed E-state index contributed by atoms with van der Waals surface area (Å²) in [5, 5.41) is 2.50. The number of carbonyl (C=O) groups is 2. The highest BCUT2D eigenvalue weighted by molar-refractivity contribution is 5.94. The standard InChI is InChI=1S/C26H30F3N3O3/c27-26(28,29)22-18-21(31-14-16-35-17-15-31)7-8-23(22)30-25(34)20-10-12-32(13-11-20)24(33)9-6-19-4-2-1-3-5-19/h1-5,7-8,18,20H,6,9-17H2,(H,30,34). The Hall–Kier alpha value is -3.07. The summed E-state index contributed by atoms with van der Waals surface area (Å²) in [5.74, 6) is -0.843. The van der Waals surface area contributed by atoms with Crippen molar-refractivity contribution in [2.24, 2.45) is 5.92 Å². The highest BCUT2D eigenvalue weighted by Gasteiger charge is 2.36. The second-order valence-corrected chi connectivity index (χ2v) is 8.96. The van der Waals surface area contributed by atoms with Crippen molar-refractivity contribution >= 4 is 23.2 Å². The summed E-state index contributed by atoms with van der Waals surface area (Å²) in [4.78, 5) is 28.9. The lowest BCUT2D eigenvalue weighted by atomic mass is 9.95. The lowest BCUT2D eigenvalue weighted by Gasteiger charge is -2.32. The van der Waals surface area contributed by atoms with Crippen molar-refractivity contribution in [2.75, 3.05) is 49.6 Å². The second-order valence-electron chi connectivity index (χ2n) is 8.96. The summed E-state index contributed by atoms with van der Waals surface area (Å²) < 4.78 is 46.6. The molecule has 2 aromatic carbocycles. The number of nitrogens with one attached hydrogen (secondary N) is 1. The molecule has 2 aliphatic heterocycles. The summed E-state index contributed by atoms with van der Waals surface area (Å²) in [6.07, 6.45) is -2.70. The number of carbonyl (C=O) groups excluding carboxylic acids is 2. The third kappa shape index (κ3) is 6.54. The largest absolute Gasteiger partial charge is 0.418 e. The minimum absolute atomic E-state index is 0.0331. The van der Waals surface area contributed by atoms with Crippen molar-refractivity contribution < 1.29 is 27.5 Å². The molecule has 2 aliphatic rings. The molecule has 0 atom stereocenters. The van der Waals surface area contributed by atoms with Gasteiger partial charge in [-0.3, -0.25) is 9.59 Å². The van der Waals surface area contributed by atoms with E-state index in [1.165, 1.54) is 6.07 Å². The third-order valence-electron chi connectivity index (χ3n) is 6.63. The molecule has 0 spiro atoms. The summed E-state index contributed by atoms with van der Waals surface area (Å²) in [7, 11) is 0. The number of halogens is 3. The van der Waals surface area contributed by atoms with Gasteiger partial charge >= 0.3 is 6.18 Å². The number of likely N-dealkylation sites (tertiary alicyclic amines) is 1. The predicted molar refractivity (Wildman–Crippen MR) is 127 cm³/mol. The number of hydrogen-bond donors (Lipinski definition) is 1. The van der Waals surface area contributed by atoms with Crippen LogP contribution in [0.3, 0.4) is 0 Å². The third-order valence-corrected chi connectivity index (χ3v) is 6.63. The zero-order valence-corrected chi connectivity index (χ0v) is 19.5. The van der Waals surface area contributed by atoms with E-state index in [-0.39, 0.29) is 11.6 Å². The van der Waals surface area contributed by atoms with Gasteiger partial charge in [-0.1, -0.05) is 30.3 Å². The highest BCUT2D eigenvalue weighted by atomic mass is 19.4. The first-order valence-electron chi connectivity index (χ1n) is 12.0. The maximum atomic E-state index is 13.8. The Bertz CT molecular complexity index is 1020. The number of benzene rings is 2. The molecule has 2 amide bonds. The number of alkyl halides is 3. The van der Waals surface area contributed by atoms with Crippen LogP contribution in [0.4, 0.5) is 24.5 Å². The summed E-state index contributed by atoms with van der Waals surface area (Å²) in [6, 6.07) is 13.8. The average molecular weight is 490 g/mol. The van der Waals surface area contributed by atoms with E-state index in [0.717, 1.165) is 11.6 Å². The SMILES string of the molecule is O=C(Nc1ccc(N2CCOCC2)cc1C(F)(F)F)C1CCN(C(=O)CCc2ccccc2)CC1. The molecule has 2 aromatic rings. The zero-order chi connectivity index (χ0) is 24.8. The lowest BCUT2D eigenvalue weighted by molar-refractivity contribution is -0.137. The number of amides is 2. The fourth-order valence-corrected chi connectivity index (χ4v) is 4.57. The van der Waals surface area contributed by atoms with Crippen LogP contribution in [0.15, 0.2) is 48.5 Å². The van der Waals surface area contributed by atoms with Crippen LogP contribution in [0, 0.1) is 5.92 Å². The van der Waals surface area contributed by atoms with Crippen LogP contribution < -0.4 is 10.2 Å². The highest BCUT2D eigenvalue weighted by Crippen LogP contribution is 2.38. The molecule has 9 heteroatoms. The fraction of sp³-hybridized carbons (Fsp3) is 0.462. The molecule has 0 aliphatic carbocycles. The van der Waals surface area contributed by atoms with Gasteiger partial charge in [0.25, 0.3) is 0 Å². The normalized spacial score (nSPS) is 17.3. The van der Waals surface area contributed by atoms with E-state index in [4.69, 9.17) is 4.74 Å². The van der Waals surface area contributed by atoms with Crippen molar-refractivity contribution in [2.45, 2.75) is 31.9 Å². The topological polar surface area (TPSA) is 61.9 Å². The van der Waals surface area contributed by atoms with Crippen molar-refractivity contribution in [3.63, 3.8) is 0 Å². The number of morpholine rings is 1. The Kier molecular flexibility index (Phi) is 7.95. The van der Waals surface area contributed by atoms with E-state index >= 15 is 0 Å². The Morgan fingerprint density at radius 3 is 2.31 bits per heavy atom. The molecular formula is C26H30F3N3O3. The van der Waals surface area contributed by atoms with Gasteiger partial charge < -0.3 is 19.9 Å². The number of piperidine rings is 1. The Morgan fingerprint density at radius 2 is 1.66 bits per heavy atom. The van der Waals surface area contributed by atoms with E-state index in [9.17, 15) is 22.8 Å². The van der Waals surface area contributed by atoms with E-state index in [2.05, 4.69) is 5.32 Å². The van der Waals surface area contributed by atoms with Crippen molar-refractivity contribution in [3.05, 3.63) is 59.7 Å². The number of ether oxygens (including phenoxy) is 1. The summed E-state index contributed by atoms with van der Waals surface area (Å²) in [6.45, 7) is 2.82. The van der Waals surface area contributed by atoms with Crippen LogP contribution in [0.25, 0.3) is 0 Å². The summed E-state index contributed by atoms with van der Waals surface area (Å²) in [5.41, 5.74) is 0.459. The molecule has 0 saturated carbocycles. The Morgan fingerprint density at radius 1 is 0.971 bits per heavy atom. The van der Waals surface area contributed by atoms with Crippen molar-refractivity contribution in [1.29, 1.82) is 0 Å². The first kappa shape index (κ1) is 25.0. The smallest absolute Gasteiger partial charge is 0.378 e. The van der Waals surface area contributed by atoms with Crippen LogP contribution in [0.2, 0.25) is 0 Å². The summed E-state index contributed by atoms with van der Waals surface area (Å²) >= 11 is 0. The van der Waals surface area contributed by atoms with Crippen molar-refractivity contribution in [1.82, 2.24) is 4.90 Å². The van der Waals surface area contributed by atoms with E-state index in [0.29, 0.717) is 70.8 Å². The molecule has 4 rings (SSSR count). The van der Waals surface area contributed by atoms with Gasteiger partial charge in [-0.15, -0.1) is 0 Å². The van der Waals surface area contributed by atoms with Crippen molar-refractivity contribution in [3.8, 4) is 0 Å². The molecular weight excluding hydrogens is 459 g/mol. The molecule has 0 radical (unpaired) electrons. The number of hydrogen-bond acceptors (Lipinski definition) is 4. The van der Waals surface area contributed by atoms with E-state index < -0.39 is 23.6 Å². The van der Waals surface area contributed by atoms with Gasteiger partial charge in [0.15, 0.2) is 0 Å². The van der Waals surface area contributed by atoms with Crippen LogP contribution in [-0.4, -0.2) is 56.1 Å². The fourth-order valence-electron chi connectivity index (χ4n) is 4.57. The number of anilines is 2. The molecule has 1 N–H and O–H groups in total. The van der Waals surface area contributed by atoms with Gasteiger partial charge in [-0.2, -0.15) is 13.2 Å². The quantitative estimate of drug-likeness (QED) is 0.656. The molecule has 0 bridgehead atoms. The van der Waals surface area contributed by atoms with Gasteiger partial charge in [0.1, 0.15) is 0 Å². The molecule has 35 heavy (non-hydrogen) atoms. The first-order chi connectivity index (χ1) is 16.8.